The third-order valence-electron chi connectivity index (χ3n) is 3.63. The van der Waals surface area contributed by atoms with Crippen LogP contribution in [0.3, 0.4) is 0 Å². The van der Waals surface area contributed by atoms with Crippen molar-refractivity contribution in [3.63, 3.8) is 0 Å². The fraction of sp³-hybridized carbons (Fsp3) is 0.700. The molecule has 1 fully saturated rings. The first-order valence-electron chi connectivity index (χ1n) is 4.28. The van der Waals surface area contributed by atoms with Gasteiger partial charge in [-0.2, -0.15) is 0 Å². The summed E-state index contributed by atoms with van der Waals surface area (Å²) < 4.78 is 0. The van der Waals surface area contributed by atoms with Gasteiger partial charge in [0.25, 0.3) is 0 Å². The van der Waals surface area contributed by atoms with Crippen LogP contribution in [-0.2, 0) is 0 Å². The summed E-state index contributed by atoms with van der Waals surface area (Å²) in [6.45, 7) is 6.84. The number of fused-ring (bicyclic) bond motifs is 1. The van der Waals surface area contributed by atoms with Crippen LogP contribution in [0.15, 0.2) is 11.6 Å². The zero-order valence-electron chi connectivity index (χ0n) is 7.35. The highest BCUT2D eigenvalue weighted by Gasteiger charge is 2.52. The van der Waals surface area contributed by atoms with E-state index in [4.69, 9.17) is 12.2 Å². The van der Waals surface area contributed by atoms with Gasteiger partial charge in [-0.1, -0.05) is 37.7 Å². The zero-order chi connectivity index (χ0) is 8.22. The predicted molar refractivity (Wildman–Crippen MR) is 51.7 cm³/mol. The minimum Gasteiger partial charge on any atom is -0.0887 e. The van der Waals surface area contributed by atoms with Crippen molar-refractivity contribution in [1.29, 1.82) is 0 Å². The Morgan fingerprint density at radius 2 is 2.27 bits per heavy atom. The van der Waals surface area contributed by atoms with E-state index in [1.54, 1.807) is 0 Å². The lowest BCUT2D eigenvalue weighted by atomic mass is 9.61. The molecule has 0 bridgehead atoms. The zero-order valence-corrected chi connectivity index (χ0v) is 8.16. The second-order valence-corrected chi connectivity index (χ2v) is 4.69. The molecule has 2 aliphatic rings. The topological polar surface area (TPSA) is 0 Å². The molecule has 2 rings (SSSR count). The molecule has 0 N–H and O–H groups in total. The van der Waals surface area contributed by atoms with Crippen LogP contribution in [0.4, 0.5) is 0 Å². The Balaban J connectivity index is 2.37. The average molecular weight is 166 g/mol. The fourth-order valence-corrected chi connectivity index (χ4v) is 2.90. The maximum Gasteiger partial charge on any atom is 0.0207 e. The standard InChI is InChI=1S/C10H14S/c1-6-5-10(3)8(7(6)2)4-9(10)11/h5,7-8H,4H2,1-3H3/t7-,8?,10?/m0/s1. The molecule has 0 amide bonds. The first kappa shape index (κ1) is 7.48. The molecule has 0 nitrogen and oxygen atoms in total. The van der Waals surface area contributed by atoms with Gasteiger partial charge in [-0.15, -0.1) is 0 Å². The molecule has 0 aromatic heterocycles. The molecule has 3 atom stereocenters. The van der Waals surface area contributed by atoms with Crippen molar-refractivity contribution in [2.75, 3.05) is 0 Å². The van der Waals surface area contributed by atoms with Crippen LogP contribution < -0.4 is 0 Å². The molecule has 0 aliphatic heterocycles. The quantitative estimate of drug-likeness (QED) is 0.394. The number of thiocarbonyl (C=S) groups is 1. The lowest BCUT2D eigenvalue weighted by molar-refractivity contribution is 0.261. The Morgan fingerprint density at radius 1 is 1.64 bits per heavy atom. The Morgan fingerprint density at radius 3 is 2.64 bits per heavy atom. The van der Waals surface area contributed by atoms with Gasteiger partial charge in [0.05, 0.1) is 0 Å². The second-order valence-electron chi connectivity index (χ2n) is 4.19. The van der Waals surface area contributed by atoms with Crippen molar-refractivity contribution < 1.29 is 0 Å². The van der Waals surface area contributed by atoms with E-state index in [-0.39, 0.29) is 0 Å². The molecular weight excluding hydrogens is 152 g/mol. The summed E-state index contributed by atoms with van der Waals surface area (Å²) in [6, 6.07) is 0. The SMILES string of the molecule is CC1=CC2(C)C(=S)CC2[C@H]1C. The lowest BCUT2D eigenvalue weighted by Crippen LogP contribution is -2.44. The second kappa shape index (κ2) is 1.95. The first-order valence-corrected chi connectivity index (χ1v) is 4.69. The van der Waals surface area contributed by atoms with E-state index >= 15 is 0 Å². The van der Waals surface area contributed by atoms with Crippen LogP contribution in [0.2, 0.25) is 0 Å². The predicted octanol–water partition coefficient (Wildman–Crippen LogP) is 2.98. The van der Waals surface area contributed by atoms with Crippen molar-refractivity contribution in [3.05, 3.63) is 11.6 Å². The minimum absolute atomic E-state index is 0.304. The van der Waals surface area contributed by atoms with Gasteiger partial charge in [0.2, 0.25) is 0 Å². The Bertz CT molecular complexity index is 252. The molecule has 11 heavy (non-hydrogen) atoms. The molecule has 2 unspecified atom stereocenters. The highest BCUT2D eigenvalue weighted by atomic mass is 32.1. The van der Waals surface area contributed by atoms with Crippen LogP contribution in [0.5, 0.6) is 0 Å². The number of hydrogen-bond acceptors (Lipinski definition) is 1. The Hall–Kier alpha value is -0.170. The molecule has 0 saturated heterocycles. The van der Waals surface area contributed by atoms with Gasteiger partial charge in [0.1, 0.15) is 0 Å². The average Bonchev–Trinajstić information content (AvgIpc) is 2.12. The third-order valence-corrected chi connectivity index (χ3v) is 4.23. The van der Waals surface area contributed by atoms with E-state index in [0.717, 1.165) is 11.8 Å². The molecule has 0 spiro atoms. The van der Waals surface area contributed by atoms with E-state index in [2.05, 4.69) is 26.8 Å². The maximum absolute atomic E-state index is 5.30. The van der Waals surface area contributed by atoms with E-state index in [1.165, 1.54) is 16.9 Å². The van der Waals surface area contributed by atoms with Crippen LogP contribution >= 0.6 is 12.2 Å². The van der Waals surface area contributed by atoms with Gasteiger partial charge in [-0.05, 0) is 25.2 Å². The van der Waals surface area contributed by atoms with Crippen molar-refractivity contribution in [3.8, 4) is 0 Å². The van der Waals surface area contributed by atoms with Gasteiger partial charge in [-0.25, -0.2) is 0 Å². The number of allylic oxidation sites excluding steroid dienone is 2. The molecule has 60 valence electrons. The highest BCUT2D eigenvalue weighted by molar-refractivity contribution is 7.80. The molecule has 1 saturated carbocycles. The summed E-state index contributed by atoms with van der Waals surface area (Å²) >= 11 is 5.30. The van der Waals surface area contributed by atoms with E-state index in [1.807, 2.05) is 0 Å². The molecule has 1 heteroatoms. The fourth-order valence-electron chi connectivity index (χ4n) is 2.51. The van der Waals surface area contributed by atoms with Crippen molar-refractivity contribution >= 4 is 17.1 Å². The molecule has 2 aliphatic carbocycles. The van der Waals surface area contributed by atoms with Gasteiger partial charge in [-0.3, -0.25) is 0 Å². The van der Waals surface area contributed by atoms with Crippen molar-refractivity contribution in [1.82, 2.24) is 0 Å². The molecule has 0 aromatic rings. The van der Waals surface area contributed by atoms with E-state index < -0.39 is 0 Å². The Kier molecular flexibility index (Phi) is 1.32. The molecule has 0 heterocycles. The summed E-state index contributed by atoms with van der Waals surface area (Å²) in [5.41, 5.74) is 1.84. The van der Waals surface area contributed by atoms with E-state index in [0.29, 0.717) is 5.41 Å². The summed E-state index contributed by atoms with van der Waals surface area (Å²) in [5.74, 6) is 1.60. The first-order chi connectivity index (χ1) is 5.05. The van der Waals surface area contributed by atoms with Crippen molar-refractivity contribution in [2.24, 2.45) is 17.3 Å². The minimum atomic E-state index is 0.304. The van der Waals surface area contributed by atoms with Crippen LogP contribution in [0.1, 0.15) is 27.2 Å². The lowest BCUT2D eigenvalue weighted by Gasteiger charge is -2.44. The molecule has 0 radical (unpaired) electrons. The van der Waals surface area contributed by atoms with Crippen LogP contribution in [0.25, 0.3) is 0 Å². The van der Waals surface area contributed by atoms with Gasteiger partial charge in [0.15, 0.2) is 0 Å². The largest absolute Gasteiger partial charge is 0.0887 e. The van der Waals surface area contributed by atoms with Gasteiger partial charge >= 0.3 is 0 Å². The highest BCUT2D eigenvalue weighted by Crippen LogP contribution is 2.56. The third kappa shape index (κ3) is 0.725. The monoisotopic (exact) mass is 166 g/mol. The summed E-state index contributed by atoms with van der Waals surface area (Å²) in [6.07, 6.45) is 3.56. The van der Waals surface area contributed by atoms with Crippen molar-refractivity contribution in [2.45, 2.75) is 27.2 Å². The number of rotatable bonds is 0. The van der Waals surface area contributed by atoms with E-state index in [9.17, 15) is 0 Å². The van der Waals surface area contributed by atoms with Crippen LogP contribution in [0, 0.1) is 17.3 Å². The molecular formula is C10H14S. The smallest absolute Gasteiger partial charge is 0.0207 e. The summed E-state index contributed by atoms with van der Waals surface area (Å²) in [4.78, 5) is 1.27. The van der Waals surface area contributed by atoms with Gasteiger partial charge in [0, 0.05) is 10.3 Å². The Labute approximate surface area is 73.7 Å². The summed E-state index contributed by atoms with van der Waals surface area (Å²) in [5, 5.41) is 0. The molecule has 0 aromatic carbocycles. The summed E-state index contributed by atoms with van der Waals surface area (Å²) in [7, 11) is 0. The van der Waals surface area contributed by atoms with Crippen LogP contribution in [-0.4, -0.2) is 4.86 Å². The number of hydrogen-bond donors (Lipinski definition) is 0. The normalized spacial score (nSPS) is 48.3. The maximum atomic E-state index is 5.30. The van der Waals surface area contributed by atoms with Gasteiger partial charge < -0.3 is 0 Å².